The van der Waals surface area contributed by atoms with Gasteiger partial charge < -0.3 is 13.9 Å². The van der Waals surface area contributed by atoms with Gasteiger partial charge in [0.25, 0.3) is 5.56 Å². The number of hydrogen-bond acceptors (Lipinski definition) is 4. The summed E-state index contributed by atoms with van der Waals surface area (Å²) < 4.78 is 18.5. The molecule has 25 heavy (non-hydrogen) atoms. The molecule has 0 saturated heterocycles. The van der Waals surface area contributed by atoms with Gasteiger partial charge in [-0.2, -0.15) is 0 Å². The van der Waals surface area contributed by atoms with Gasteiger partial charge in [-0.3, -0.25) is 9.36 Å². The van der Waals surface area contributed by atoms with Crippen LogP contribution < -0.4 is 15.0 Å². The first-order valence-electron chi connectivity index (χ1n) is 8.07. The van der Waals surface area contributed by atoms with Crippen molar-refractivity contribution in [3.63, 3.8) is 0 Å². The van der Waals surface area contributed by atoms with E-state index in [9.17, 15) is 4.79 Å². The van der Waals surface area contributed by atoms with Crippen molar-refractivity contribution in [2.45, 2.75) is 13.8 Å². The molecule has 0 radical (unpaired) electrons. The molecular formula is C20H15NO4. The Morgan fingerprint density at radius 2 is 1.76 bits per heavy atom. The minimum absolute atomic E-state index is 0.104. The second-order valence-corrected chi connectivity index (χ2v) is 6.29. The van der Waals surface area contributed by atoms with Gasteiger partial charge in [0.15, 0.2) is 17.1 Å². The summed E-state index contributed by atoms with van der Waals surface area (Å²) in [7, 11) is 0. The van der Waals surface area contributed by atoms with E-state index < -0.39 is 0 Å². The third-order valence-electron chi connectivity index (χ3n) is 4.65. The summed E-state index contributed by atoms with van der Waals surface area (Å²) in [6, 6.07) is 13.1. The zero-order valence-electron chi connectivity index (χ0n) is 13.8. The maximum atomic E-state index is 12.8. The van der Waals surface area contributed by atoms with Crippen molar-refractivity contribution >= 4 is 21.9 Å². The average molecular weight is 333 g/mol. The van der Waals surface area contributed by atoms with E-state index in [0.717, 1.165) is 38.9 Å². The molecule has 0 atom stereocenters. The Kier molecular flexibility index (Phi) is 2.77. The molecule has 3 heterocycles. The van der Waals surface area contributed by atoms with E-state index in [0.29, 0.717) is 11.5 Å². The zero-order valence-corrected chi connectivity index (χ0v) is 13.8. The predicted octanol–water partition coefficient (Wildman–Crippen LogP) is 4.08. The summed E-state index contributed by atoms with van der Waals surface area (Å²) in [6.45, 7) is 4.11. The molecule has 0 amide bonds. The molecule has 0 fully saturated rings. The Morgan fingerprint density at radius 3 is 2.64 bits per heavy atom. The molecule has 5 rings (SSSR count). The number of pyridine rings is 1. The highest BCUT2D eigenvalue weighted by Gasteiger charge is 2.18. The van der Waals surface area contributed by atoms with Crippen molar-refractivity contribution in [1.82, 2.24) is 4.57 Å². The highest BCUT2D eigenvalue weighted by molar-refractivity contribution is 6.05. The van der Waals surface area contributed by atoms with Gasteiger partial charge in [-0.05, 0) is 37.6 Å². The molecule has 1 aliphatic rings. The van der Waals surface area contributed by atoms with Crippen LogP contribution in [0.4, 0.5) is 0 Å². The lowest BCUT2D eigenvalue weighted by Gasteiger charge is -2.10. The quantitative estimate of drug-likeness (QED) is 0.527. The van der Waals surface area contributed by atoms with Crippen molar-refractivity contribution in [2.24, 2.45) is 0 Å². The summed E-state index contributed by atoms with van der Waals surface area (Å²) in [5, 5.41) is 1.80. The number of aromatic nitrogens is 1. The number of aryl methyl sites for hydroxylation is 2. The molecule has 4 aromatic rings. The Labute approximate surface area is 143 Å². The molecular weight excluding hydrogens is 318 g/mol. The molecule has 2 aromatic heterocycles. The predicted molar refractivity (Wildman–Crippen MR) is 94.9 cm³/mol. The molecule has 0 N–H and O–H groups in total. The van der Waals surface area contributed by atoms with Gasteiger partial charge in [-0.15, -0.1) is 0 Å². The van der Waals surface area contributed by atoms with Crippen molar-refractivity contribution < 1.29 is 13.9 Å². The Balaban J connectivity index is 1.82. The standard InChI is InChI=1S/C20H15NO4/c1-11-3-5-14-15-9-19(22)21(12(2)20(15)25-17(14)7-11)13-4-6-16-18(8-13)24-10-23-16/h3-9H,10H2,1-2H3. The summed E-state index contributed by atoms with van der Waals surface area (Å²) >= 11 is 0. The molecule has 5 nitrogen and oxygen atoms in total. The Bertz CT molecular complexity index is 1220. The van der Waals surface area contributed by atoms with E-state index >= 15 is 0 Å². The average Bonchev–Trinajstić information content (AvgIpc) is 3.18. The van der Waals surface area contributed by atoms with Gasteiger partial charge in [0, 0.05) is 22.9 Å². The Hall–Kier alpha value is -3.21. The maximum absolute atomic E-state index is 12.8. The number of nitrogens with zero attached hydrogens (tertiary/aromatic N) is 1. The number of rotatable bonds is 1. The molecule has 124 valence electrons. The van der Waals surface area contributed by atoms with Crippen LogP contribution in [0, 0.1) is 13.8 Å². The summed E-state index contributed by atoms with van der Waals surface area (Å²) in [5.41, 5.74) is 4.02. The fraction of sp³-hybridized carbons (Fsp3) is 0.150. The zero-order chi connectivity index (χ0) is 17.1. The molecule has 1 aliphatic heterocycles. The SMILES string of the molecule is Cc1ccc2c(c1)oc1c(C)n(-c3ccc4c(c3)OCO4)c(=O)cc12. The molecule has 0 bridgehead atoms. The smallest absolute Gasteiger partial charge is 0.256 e. The van der Waals surface area contributed by atoms with E-state index in [-0.39, 0.29) is 12.4 Å². The summed E-state index contributed by atoms with van der Waals surface area (Å²) in [6.07, 6.45) is 0. The molecule has 2 aromatic carbocycles. The number of furan rings is 1. The topological polar surface area (TPSA) is 53.6 Å². The first kappa shape index (κ1) is 14.2. The van der Waals surface area contributed by atoms with Gasteiger partial charge in [-0.1, -0.05) is 12.1 Å². The van der Waals surface area contributed by atoms with E-state index in [1.165, 1.54) is 0 Å². The number of ether oxygens (including phenoxy) is 2. The lowest BCUT2D eigenvalue weighted by atomic mass is 10.1. The van der Waals surface area contributed by atoms with E-state index in [1.807, 2.05) is 50.2 Å². The van der Waals surface area contributed by atoms with Crippen LogP contribution in [-0.2, 0) is 0 Å². The third kappa shape index (κ3) is 1.99. The van der Waals surface area contributed by atoms with Crippen LogP contribution in [0.5, 0.6) is 11.5 Å². The van der Waals surface area contributed by atoms with Crippen LogP contribution in [-0.4, -0.2) is 11.4 Å². The van der Waals surface area contributed by atoms with Gasteiger partial charge in [0.2, 0.25) is 6.79 Å². The molecule has 0 spiro atoms. The minimum Gasteiger partial charge on any atom is -0.454 e. The fourth-order valence-corrected chi connectivity index (χ4v) is 3.44. The van der Waals surface area contributed by atoms with Crippen molar-refractivity contribution in [1.29, 1.82) is 0 Å². The number of hydrogen-bond donors (Lipinski definition) is 0. The normalized spacial score (nSPS) is 13.0. The molecule has 0 saturated carbocycles. The van der Waals surface area contributed by atoms with Gasteiger partial charge in [0.1, 0.15) is 5.58 Å². The van der Waals surface area contributed by atoms with Gasteiger partial charge >= 0.3 is 0 Å². The van der Waals surface area contributed by atoms with Crippen molar-refractivity contribution in [3.8, 4) is 17.2 Å². The van der Waals surface area contributed by atoms with Crippen LogP contribution in [0.1, 0.15) is 11.3 Å². The van der Waals surface area contributed by atoms with E-state index in [4.69, 9.17) is 13.9 Å². The Morgan fingerprint density at radius 1 is 0.920 bits per heavy atom. The maximum Gasteiger partial charge on any atom is 0.256 e. The lowest BCUT2D eigenvalue weighted by Crippen LogP contribution is -2.19. The summed E-state index contributed by atoms with van der Waals surface area (Å²) in [5.74, 6) is 1.33. The van der Waals surface area contributed by atoms with Crippen LogP contribution in [0.3, 0.4) is 0 Å². The third-order valence-corrected chi connectivity index (χ3v) is 4.65. The van der Waals surface area contributed by atoms with E-state index in [1.54, 1.807) is 10.6 Å². The highest BCUT2D eigenvalue weighted by Crippen LogP contribution is 2.35. The first-order chi connectivity index (χ1) is 12.1. The lowest BCUT2D eigenvalue weighted by molar-refractivity contribution is 0.174. The second kappa shape index (κ2) is 4.89. The fourth-order valence-electron chi connectivity index (χ4n) is 3.44. The van der Waals surface area contributed by atoms with Crippen molar-refractivity contribution in [3.05, 3.63) is 64.1 Å². The van der Waals surface area contributed by atoms with Crippen LogP contribution in [0.25, 0.3) is 27.6 Å². The van der Waals surface area contributed by atoms with E-state index in [2.05, 4.69) is 0 Å². The first-order valence-corrected chi connectivity index (χ1v) is 8.07. The monoisotopic (exact) mass is 333 g/mol. The van der Waals surface area contributed by atoms with Crippen molar-refractivity contribution in [2.75, 3.05) is 6.79 Å². The van der Waals surface area contributed by atoms with Gasteiger partial charge in [0.05, 0.1) is 11.4 Å². The second-order valence-electron chi connectivity index (χ2n) is 6.29. The number of fused-ring (bicyclic) bond motifs is 4. The number of benzene rings is 2. The van der Waals surface area contributed by atoms with Crippen LogP contribution in [0.2, 0.25) is 0 Å². The molecule has 5 heteroatoms. The van der Waals surface area contributed by atoms with Crippen LogP contribution >= 0.6 is 0 Å². The molecule has 0 unspecified atom stereocenters. The minimum atomic E-state index is -0.104. The van der Waals surface area contributed by atoms with Gasteiger partial charge in [-0.25, -0.2) is 0 Å². The molecule has 0 aliphatic carbocycles. The highest BCUT2D eigenvalue weighted by atomic mass is 16.7. The summed E-state index contributed by atoms with van der Waals surface area (Å²) in [4.78, 5) is 12.8. The largest absolute Gasteiger partial charge is 0.454 e. The van der Waals surface area contributed by atoms with Crippen LogP contribution in [0.15, 0.2) is 51.7 Å².